The van der Waals surface area contributed by atoms with Crippen molar-refractivity contribution in [2.75, 3.05) is 0 Å². The van der Waals surface area contributed by atoms with Crippen molar-refractivity contribution in [1.29, 1.82) is 0 Å². The summed E-state index contributed by atoms with van der Waals surface area (Å²) in [5, 5.41) is 2.18. The average molecular weight is 757 g/mol. The highest BCUT2D eigenvalue weighted by molar-refractivity contribution is 6.09. The summed E-state index contributed by atoms with van der Waals surface area (Å²) in [4.78, 5) is 4.85. The van der Waals surface area contributed by atoms with Crippen molar-refractivity contribution in [2.45, 2.75) is 27.2 Å². The lowest BCUT2D eigenvalue weighted by Gasteiger charge is -2.18. The van der Waals surface area contributed by atoms with E-state index in [-0.39, 0.29) is 39.8 Å². The van der Waals surface area contributed by atoms with Crippen molar-refractivity contribution in [3.8, 4) is 62.1 Å². The normalized spacial score (nSPS) is 14.1. The topological polar surface area (TPSA) is 35.9 Å². The summed E-state index contributed by atoms with van der Waals surface area (Å²) in [6.07, 6.45) is 6.32. The van der Waals surface area contributed by atoms with Crippen LogP contribution >= 0.6 is 0 Å². The third-order valence-corrected chi connectivity index (χ3v) is 10.7. The van der Waals surface area contributed by atoms with Gasteiger partial charge in [-0.25, -0.2) is 4.98 Å². The molecule has 0 radical (unpaired) electrons. The van der Waals surface area contributed by atoms with Gasteiger partial charge in [0.25, 0.3) is 6.33 Å². The molecule has 4 heterocycles. The van der Waals surface area contributed by atoms with Crippen LogP contribution < -0.4 is 9.30 Å². The van der Waals surface area contributed by atoms with Crippen molar-refractivity contribution in [3.05, 3.63) is 188 Å². The number of pyridine rings is 1. The summed E-state index contributed by atoms with van der Waals surface area (Å²) < 4.78 is 84.6. The lowest BCUT2D eigenvalue weighted by Crippen LogP contribution is -2.30. The Balaban J connectivity index is 1.09. The Kier molecular flexibility index (Phi) is 6.04. The highest BCUT2D eigenvalue weighted by atomic mass is 16.5. The maximum absolute atomic E-state index is 9.34. The monoisotopic (exact) mass is 756 g/mol. The van der Waals surface area contributed by atoms with E-state index >= 15 is 0 Å². The van der Waals surface area contributed by atoms with Crippen LogP contribution in [-0.4, -0.2) is 14.1 Å². The van der Waals surface area contributed by atoms with E-state index in [4.69, 9.17) is 15.2 Å². The zero-order valence-corrected chi connectivity index (χ0v) is 32.0. The van der Waals surface area contributed by atoms with Crippen LogP contribution in [0.4, 0.5) is 0 Å². The number of hydrogen-bond donors (Lipinski definition) is 0. The fourth-order valence-electron chi connectivity index (χ4n) is 8.40. The van der Waals surface area contributed by atoms with Crippen molar-refractivity contribution in [1.82, 2.24) is 14.1 Å². The number of fused-ring (bicyclic) bond motifs is 10. The van der Waals surface area contributed by atoms with Crippen molar-refractivity contribution in [3.63, 3.8) is 0 Å². The summed E-state index contributed by atoms with van der Waals surface area (Å²) >= 11 is 0. The molecular weight excluding hydrogens is 709 g/mol. The number of para-hydroxylation sites is 3. The highest BCUT2D eigenvalue weighted by Gasteiger charge is 2.24. The molecular formula is C53H40N4O. The average Bonchev–Trinajstić information content (AvgIpc) is 3.87. The number of rotatable bonds is 5. The molecule has 0 atom stereocenters. The molecule has 5 nitrogen and oxygen atoms in total. The van der Waals surface area contributed by atoms with Gasteiger partial charge in [0, 0.05) is 23.0 Å². The third kappa shape index (κ3) is 5.61. The number of nitrogens with zero attached hydrogens (tertiary/aromatic N) is 4. The first-order valence-corrected chi connectivity index (χ1v) is 19.3. The maximum atomic E-state index is 9.34. The fourth-order valence-corrected chi connectivity index (χ4v) is 8.40. The molecule has 10 aromatic rings. The number of imidazole rings is 1. The van der Waals surface area contributed by atoms with Gasteiger partial charge in [0.1, 0.15) is 17.3 Å². The van der Waals surface area contributed by atoms with E-state index in [9.17, 15) is 5.48 Å². The van der Waals surface area contributed by atoms with Crippen LogP contribution in [0, 0.1) is 11.7 Å². The van der Waals surface area contributed by atoms with Gasteiger partial charge in [0.15, 0.2) is 0 Å². The molecule has 1 aliphatic heterocycles. The highest BCUT2D eigenvalue weighted by Crippen LogP contribution is 2.43. The minimum atomic E-state index is -0.506. The summed E-state index contributed by atoms with van der Waals surface area (Å²) in [5.74, 6) is 2.01. The van der Waals surface area contributed by atoms with E-state index in [1.165, 1.54) is 5.56 Å². The van der Waals surface area contributed by atoms with Crippen LogP contribution in [0.1, 0.15) is 37.3 Å². The van der Waals surface area contributed by atoms with Crippen molar-refractivity contribution in [2.24, 2.45) is 5.41 Å². The Bertz CT molecular complexity index is 3700. The Hall–Kier alpha value is -7.24. The van der Waals surface area contributed by atoms with Gasteiger partial charge in [-0.2, -0.15) is 0 Å². The van der Waals surface area contributed by atoms with E-state index in [1.807, 2.05) is 88.1 Å². The molecule has 0 unspecified atom stereocenters. The second kappa shape index (κ2) is 13.2. The molecule has 5 heteroatoms. The number of benzene rings is 7. The van der Waals surface area contributed by atoms with E-state index in [2.05, 4.69) is 62.0 Å². The standard InChI is InChI=1S/C53H40N4O/c1-53(2,3)33-35-28-29-54-51(30-35)57-48-24-11-9-21-44(48)45-27-26-38(32-50(45)57)58-37-15-12-14-36(31-37)55-34-56-47-23-10-8-20-43(47)41-18-6-4-16-39(41)40-17-5-7-19-42(40)46-22-13-25-49(55)52(46)56/h4-32H,33H2,1-3H3/i4D,5D,6D,7D,16D,17D,18D,19D. The van der Waals surface area contributed by atoms with E-state index < -0.39 is 36.3 Å². The van der Waals surface area contributed by atoms with Gasteiger partial charge in [0.05, 0.1) is 44.4 Å². The molecule has 0 saturated carbocycles. The number of hydrogen-bond acceptors (Lipinski definition) is 2. The molecule has 0 bridgehead atoms. The van der Waals surface area contributed by atoms with Crippen molar-refractivity contribution < 1.29 is 20.3 Å². The van der Waals surface area contributed by atoms with Gasteiger partial charge in [-0.3, -0.25) is 13.7 Å². The van der Waals surface area contributed by atoms with Gasteiger partial charge in [-0.05, 0) is 105 Å². The lowest BCUT2D eigenvalue weighted by molar-refractivity contribution is -0.571. The van der Waals surface area contributed by atoms with E-state index in [0.717, 1.165) is 34.0 Å². The van der Waals surface area contributed by atoms with Gasteiger partial charge in [-0.1, -0.05) is 130 Å². The zero-order chi connectivity index (χ0) is 45.9. The Morgan fingerprint density at radius 3 is 2.09 bits per heavy atom. The molecule has 0 fully saturated rings. The van der Waals surface area contributed by atoms with Crippen LogP contribution in [0.5, 0.6) is 11.5 Å². The minimum Gasteiger partial charge on any atom is -0.458 e. The lowest BCUT2D eigenvalue weighted by atomic mass is 9.88. The molecule has 1 aliphatic rings. The quantitative estimate of drug-likeness (QED) is 0.129. The van der Waals surface area contributed by atoms with E-state index in [1.54, 1.807) is 18.2 Å². The first kappa shape index (κ1) is 26.6. The Morgan fingerprint density at radius 1 is 0.621 bits per heavy atom. The first-order valence-electron chi connectivity index (χ1n) is 23.3. The van der Waals surface area contributed by atoms with Crippen LogP contribution in [-0.2, 0) is 6.42 Å². The van der Waals surface area contributed by atoms with E-state index in [0.29, 0.717) is 45.0 Å². The largest absolute Gasteiger partial charge is 0.458 e. The zero-order valence-electron chi connectivity index (χ0n) is 40.0. The Morgan fingerprint density at radius 2 is 1.28 bits per heavy atom. The molecule has 7 aromatic carbocycles. The van der Waals surface area contributed by atoms with Crippen LogP contribution in [0.3, 0.4) is 0 Å². The van der Waals surface area contributed by atoms with Gasteiger partial charge in [0.2, 0.25) is 0 Å². The fraction of sp³-hybridized carbons (Fsp3) is 0.0943. The molecule has 0 N–H and O–H groups in total. The molecule has 3 aromatic heterocycles. The van der Waals surface area contributed by atoms with Crippen LogP contribution in [0.25, 0.3) is 83.4 Å². The maximum Gasteiger partial charge on any atom is 0.269 e. The van der Waals surface area contributed by atoms with Gasteiger partial charge < -0.3 is 4.74 Å². The van der Waals surface area contributed by atoms with Gasteiger partial charge >= 0.3 is 0 Å². The predicted octanol–water partition coefficient (Wildman–Crippen LogP) is 12.9. The molecule has 11 rings (SSSR count). The molecule has 0 spiro atoms. The Labute approximate surface area is 348 Å². The molecule has 278 valence electrons. The molecule has 58 heavy (non-hydrogen) atoms. The molecule has 0 amide bonds. The second-order valence-electron chi connectivity index (χ2n) is 15.9. The molecule has 0 saturated heterocycles. The van der Waals surface area contributed by atoms with Gasteiger partial charge in [-0.15, -0.1) is 0 Å². The SMILES string of the molecule is [2H]c1c([2H])c([2H])c2c(c1[2H])-c1ccccc1-[n+]1[c-]n(-c3cccc(Oc4ccc5c6ccccc6n(-c6cc(CC(C)(C)C)ccn6)c5c4)c3)c3cccc(c31)-c1c([2H])c([2H])c([2H])c([2H])c1-2. The summed E-state index contributed by atoms with van der Waals surface area (Å²) in [7, 11) is 0. The molecule has 0 aliphatic carbocycles. The number of ether oxygens (including phenoxy) is 1. The first-order chi connectivity index (χ1) is 31.7. The predicted molar refractivity (Wildman–Crippen MR) is 235 cm³/mol. The van der Waals surface area contributed by atoms with Crippen LogP contribution in [0.15, 0.2) is 176 Å². The minimum absolute atomic E-state index is 0.000180. The third-order valence-electron chi connectivity index (χ3n) is 10.7. The summed E-state index contributed by atoms with van der Waals surface area (Å²) in [6.45, 7) is 6.69. The van der Waals surface area contributed by atoms with Crippen LogP contribution in [0.2, 0.25) is 0 Å². The number of aromatic nitrogens is 4. The smallest absolute Gasteiger partial charge is 0.269 e. The second-order valence-corrected chi connectivity index (χ2v) is 15.9. The summed E-state index contributed by atoms with van der Waals surface area (Å²) in [6, 6.07) is 35.6. The van der Waals surface area contributed by atoms with Crippen molar-refractivity contribution >= 4 is 32.8 Å². The summed E-state index contributed by atoms with van der Waals surface area (Å²) in [5.41, 5.74) is 6.85.